The number of hydrogen-bond donors (Lipinski definition) is 2. The zero-order valence-electron chi connectivity index (χ0n) is 17.5. The number of nitrogens with zero attached hydrogens (tertiary/aromatic N) is 6. The topological polar surface area (TPSA) is 101 Å². The Bertz CT molecular complexity index is 1160. The third kappa shape index (κ3) is 4.37. The zero-order chi connectivity index (χ0) is 21.2. The van der Waals surface area contributed by atoms with Crippen LogP contribution in [0.1, 0.15) is 11.1 Å². The molecule has 0 saturated carbocycles. The number of nitrogens with two attached hydrogens (primary N) is 1. The van der Waals surface area contributed by atoms with Gasteiger partial charge in [-0.15, -0.1) is 5.10 Å². The summed E-state index contributed by atoms with van der Waals surface area (Å²) in [4.78, 5) is 13.8. The maximum atomic E-state index is 6.10. The third-order valence-electron chi connectivity index (χ3n) is 5.56. The number of fused-ring (bicyclic) bond motifs is 1. The molecule has 4 aromatic rings. The van der Waals surface area contributed by atoms with Crippen molar-refractivity contribution in [3.63, 3.8) is 0 Å². The van der Waals surface area contributed by atoms with E-state index >= 15 is 0 Å². The zero-order valence-corrected chi connectivity index (χ0v) is 17.5. The van der Waals surface area contributed by atoms with Gasteiger partial charge in [0.15, 0.2) is 11.4 Å². The Morgan fingerprint density at radius 3 is 2.68 bits per heavy atom. The first-order valence-corrected chi connectivity index (χ1v) is 10.4. The highest BCUT2D eigenvalue weighted by atomic mass is 16.3. The SMILES string of the molecule is CN1CCN(Cc2cccc(CNc3cc4nc(-c5ccco5)nn4c(N)n3)c2)CC1. The number of rotatable bonds is 6. The maximum Gasteiger partial charge on any atom is 0.225 e. The number of furan rings is 1. The molecule has 1 aliphatic rings. The Kier molecular flexibility index (Phi) is 5.27. The average molecular weight is 419 g/mol. The fourth-order valence-electron chi connectivity index (χ4n) is 3.81. The molecule has 1 saturated heterocycles. The van der Waals surface area contributed by atoms with Crippen molar-refractivity contribution < 1.29 is 4.42 Å². The fourth-order valence-corrected chi connectivity index (χ4v) is 3.81. The highest BCUT2D eigenvalue weighted by Crippen LogP contribution is 2.20. The molecule has 5 rings (SSSR count). The first kappa shape index (κ1) is 19.5. The lowest BCUT2D eigenvalue weighted by atomic mass is 10.1. The number of benzene rings is 1. The van der Waals surface area contributed by atoms with Crippen LogP contribution in [0.2, 0.25) is 0 Å². The van der Waals surface area contributed by atoms with Crippen LogP contribution in [0.3, 0.4) is 0 Å². The molecule has 3 N–H and O–H groups in total. The van der Waals surface area contributed by atoms with Crippen LogP contribution < -0.4 is 11.1 Å². The standard InChI is InChI=1S/C22H26N8O/c1-28-7-9-29(10-8-28)15-17-5-2-4-16(12-17)14-24-19-13-20-26-21(18-6-3-11-31-18)27-30(20)22(23)25-19/h2-6,11-13,24H,7-10,14-15H2,1H3,(H2,23,25). The van der Waals surface area contributed by atoms with E-state index in [-0.39, 0.29) is 5.95 Å². The Morgan fingerprint density at radius 2 is 1.87 bits per heavy atom. The molecule has 31 heavy (non-hydrogen) atoms. The van der Waals surface area contributed by atoms with Gasteiger partial charge in [0.05, 0.1) is 6.26 Å². The van der Waals surface area contributed by atoms with Crippen LogP contribution in [-0.4, -0.2) is 62.6 Å². The normalized spacial score (nSPS) is 15.5. The highest BCUT2D eigenvalue weighted by Gasteiger charge is 2.14. The predicted octanol–water partition coefficient (Wildman–Crippen LogP) is 2.33. The van der Waals surface area contributed by atoms with Crippen LogP contribution in [0, 0.1) is 0 Å². The lowest BCUT2D eigenvalue weighted by Crippen LogP contribution is -2.43. The third-order valence-corrected chi connectivity index (χ3v) is 5.56. The molecular formula is C22H26N8O. The van der Waals surface area contributed by atoms with Gasteiger partial charge in [-0.25, -0.2) is 4.98 Å². The van der Waals surface area contributed by atoms with Gasteiger partial charge in [0.2, 0.25) is 11.8 Å². The summed E-state index contributed by atoms with van der Waals surface area (Å²) in [6.45, 7) is 6.11. The van der Waals surface area contributed by atoms with Crippen LogP contribution in [0.5, 0.6) is 0 Å². The van der Waals surface area contributed by atoms with Crippen LogP contribution in [0.25, 0.3) is 17.2 Å². The van der Waals surface area contributed by atoms with Crippen LogP contribution in [0.15, 0.2) is 53.1 Å². The molecule has 0 atom stereocenters. The predicted molar refractivity (Wildman–Crippen MR) is 119 cm³/mol. The summed E-state index contributed by atoms with van der Waals surface area (Å²) in [5, 5.41) is 7.73. The molecule has 160 valence electrons. The highest BCUT2D eigenvalue weighted by molar-refractivity contribution is 5.58. The number of anilines is 2. The molecule has 9 nitrogen and oxygen atoms in total. The molecule has 0 radical (unpaired) electrons. The molecular weight excluding hydrogens is 392 g/mol. The van der Waals surface area contributed by atoms with Gasteiger partial charge >= 0.3 is 0 Å². The van der Waals surface area contributed by atoms with E-state index in [4.69, 9.17) is 10.2 Å². The monoisotopic (exact) mass is 418 g/mol. The number of aromatic nitrogens is 4. The Balaban J connectivity index is 1.27. The van der Waals surface area contributed by atoms with Crippen molar-refractivity contribution in [1.29, 1.82) is 0 Å². The summed E-state index contributed by atoms with van der Waals surface area (Å²) >= 11 is 0. The Hall–Kier alpha value is -3.43. The largest absolute Gasteiger partial charge is 0.461 e. The van der Waals surface area contributed by atoms with E-state index in [2.05, 4.69) is 61.5 Å². The summed E-state index contributed by atoms with van der Waals surface area (Å²) in [7, 11) is 2.18. The van der Waals surface area contributed by atoms with Gasteiger partial charge in [-0.1, -0.05) is 24.3 Å². The second-order valence-electron chi connectivity index (χ2n) is 7.94. The van der Waals surface area contributed by atoms with Crippen molar-refractivity contribution in [2.45, 2.75) is 13.1 Å². The lowest BCUT2D eigenvalue weighted by molar-refractivity contribution is 0.148. The Morgan fingerprint density at radius 1 is 1.03 bits per heavy atom. The minimum Gasteiger partial charge on any atom is -0.461 e. The first-order valence-electron chi connectivity index (χ1n) is 10.4. The van der Waals surface area contributed by atoms with Gasteiger partial charge in [-0.05, 0) is 30.3 Å². The van der Waals surface area contributed by atoms with Gasteiger partial charge in [0.25, 0.3) is 0 Å². The number of hydrogen-bond acceptors (Lipinski definition) is 8. The second kappa shape index (κ2) is 8.37. The van der Waals surface area contributed by atoms with Crippen LogP contribution in [0.4, 0.5) is 11.8 Å². The molecule has 0 unspecified atom stereocenters. The van der Waals surface area contributed by atoms with E-state index in [1.807, 2.05) is 12.1 Å². The minimum absolute atomic E-state index is 0.272. The Labute approximate surface area is 180 Å². The summed E-state index contributed by atoms with van der Waals surface area (Å²) < 4.78 is 6.89. The molecule has 9 heteroatoms. The van der Waals surface area contributed by atoms with Crippen molar-refractivity contribution in [3.8, 4) is 11.6 Å². The summed E-state index contributed by atoms with van der Waals surface area (Å²) in [5.74, 6) is 2.00. The van der Waals surface area contributed by atoms with Crippen molar-refractivity contribution >= 4 is 17.4 Å². The quantitative estimate of drug-likeness (QED) is 0.492. The molecule has 1 aliphatic heterocycles. The summed E-state index contributed by atoms with van der Waals surface area (Å²) in [5.41, 5.74) is 9.24. The lowest BCUT2D eigenvalue weighted by Gasteiger charge is -2.32. The van der Waals surface area contributed by atoms with Crippen molar-refractivity contribution in [3.05, 3.63) is 59.9 Å². The van der Waals surface area contributed by atoms with E-state index < -0.39 is 0 Å². The molecule has 1 fully saturated rings. The van der Waals surface area contributed by atoms with Crippen LogP contribution in [-0.2, 0) is 13.1 Å². The fraction of sp³-hybridized carbons (Fsp3) is 0.318. The molecule has 0 aliphatic carbocycles. The number of likely N-dealkylation sites (N-methyl/N-ethyl adjacent to an activating group) is 1. The summed E-state index contributed by atoms with van der Waals surface area (Å²) in [6.07, 6.45) is 1.59. The number of nitrogens with one attached hydrogen (secondary N) is 1. The minimum atomic E-state index is 0.272. The van der Waals surface area contributed by atoms with E-state index in [1.165, 1.54) is 15.6 Å². The molecule has 3 aromatic heterocycles. The molecule has 1 aromatic carbocycles. The maximum absolute atomic E-state index is 6.10. The second-order valence-corrected chi connectivity index (χ2v) is 7.94. The van der Waals surface area contributed by atoms with E-state index in [0.29, 0.717) is 29.6 Å². The molecule has 4 heterocycles. The number of piperazine rings is 1. The molecule has 0 bridgehead atoms. The van der Waals surface area contributed by atoms with Crippen molar-refractivity contribution in [1.82, 2.24) is 29.4 Å². The first-order chi connectivity index (χ1) is 15.1. The van der Waals surface area contributed by atoms with Crippen LogP contribution >= 0.6 is 0 Å². The van der Waals surface area contributed by atoms with E-state index in [1.54, 1.807) is 12.3 Å². The average Bonchev–Trinajstić information content (AvgIpc) is 3.44. The summed E-state index contributed by atoms with van der Waals surface area (Å²) in [6, 6.07) is 14.1. The van der Waals surface area contributed by atoms with Gasteiger partial charge in [0.1, 0.15) is 5.82 Å². The van der Waals surface area contributed by atoms with Gasteiger partial charge < -0.3 is 20.4 Å². The smallest absolute Gasteiger partial charge is 0.225 e. The number of nitrogen functional groups attached to an aromatic ring is 1. The van der Waals surface area contributed by atoms with Gasteiger partial charge in [-0.3, -0.25) is 4.90 Å². The van der Waals surface area contributed by atoms with Gasteiger partial charge in [0, 0.05) is 45.3 Å². The molecule has 0 amide bonds. The molecule has 0 spiro atoms. The van der Waals surface area contributed by atoms with E-state index in [0.717, 1.165) is 32.7 Å². The van der Waals surface area contributed by atoms with Crippen molar-refractivity contribution in [2.75, 3.05) is 44.3 Å². The van der Waals surface area contributed by atoms with Crippen molar-refractivity contribution in [2.24, 2.45) is 0 Å². The van der Waals surface area contributed by atoms with E-state index in [9.17, 15) is 0 Å². The van der Waals surface area contributed by atoms with Gasteiger partial charge in [-0.2, -0.15) is 9.50 Å².